The Morgan fingerprint density at radius 2 is 0.607 bits per heavy atom. The Bertz CT molecular complexity index is 501. The van der Waals surface area contributed by atoms with Crippen LogP contribution in [0.1, 0.15) is 81.1 Å². The van der Waals surface area contributed by atoms with Crippen LogP contribution >= 0.6 is 0 Å². The predicted octanol–water partition coefficient (Wildman–Crippen LogP) is 7.63. The van der Waals surface area contributed by atoms with Gasteiger partial charge in [0.05, 0.1) is 0 Å². The molecule has 0 aromatic rings. The summed E-state index contributed by atoms with van der Waals surface area (Å²) in [5.41, 5.74) is 0. The fourth-order valence-electron chi connectivity index (χ4n) is 10.2. The van der Waals surface area contributed by atoms with Crippen molar-refractivity contribution in [1.82, 2.24) is 0 Å². The van der Waals surface area contributed by atoms with Crippen LogP contribution in [0.5, 0.6) is 0 Å². The van der Waals surface area contributed by atoms with Gasteiger partial charge >= 0.3 is 0 Å². The highest BCUT2D eigenvalue weighted by Crippen LogP contribution is 2.72. The van der Waals surface area contributed by atoms with Crippen molar-refractivity contribution < 1.29 is 0 Å². The average molecular weight is 385 g/mol. The maximum absolute atomic E-state index is 2.61. The van der Waals surface area contributed by atoms with Crippen molar-refractivity contribution in [3.05, 3.63) is 0 Å². The van der Waals surface area contributed by atoms with Gasteiger partial charge in [-0.05, 0) is 120 Å². The normalized spacial score (nSPS) is 66.0. The van der Waals surface area contributed by atoms with Crippen molar-refractivity contribution in [1.29, 1.82) is 0 Å². The monoisotopic (exact) mass is 384 g/mol. The Morgan fingerprint density at radius 3 is 0.857 bits per heavy atom. The molecule has 0 N–H and O–H groups in total. The van der Waals surface area contributed by atoms with E-state index < -0.39 is 0 Å². The minimum absolute atomic E-state index is 0.965. The number of hydrogen-bond donors (Lipinski definition) is 0. The second-order valence-electron chi connectivity index (χ2n) is 13.3. The highest BCUT2D eigenvalue weighted by molar-refractivity contribution is 5.15. The minimum atomic E-state index is 0.965. The smallest absolute Gasteiger partial charge is 0.0313 e. The molecule has 0 spiro atoms. The van der Waals surface area contributed by atoms with E-state index >= 15 is 0 Å². The molecular formula is C28H48. The van der Waals surface area contributed by atoms with Crippen LogP contribution in [0.15, 0.2) is 0 Å². The predicted molar refractivity (Wildman–Crippen MR) is 120 cm³/mol. The summed E-state index contributed by atoms with van der Waals surface area (Å²) < 4.78 is 0. The van der Waals surface area contributed by atoms with E-state index in [9.17, 15) is 0 Å². The van der Waals surface area contributed by atoms with Crippen LogP contribution in [0, 0.1) is 94.7 Å². The Morgan fingerprint density at radius 1 is 0.321 bits per heavy atom. The van der Waals surface area contributed by atoms with E-state index in [2.05, 4.69) is 55.4 Å². The summed E-state index contributed by atoms with van der Waals surface area (Å²) in [6.45, 7) is 20.6. The van der Waals surface area contributed by atoms with E-state index in [0.29, 0.717) is 0 Å². The van der Waals surface area contributed by atoms with Gasteiger partial charge in [-0.15, -0.1) is 0 Å². The summed E-state index contributed by atoms with van der Waals surface area (Å²) in [4.78, 5) is 0. The summed E-state index contributed by atoms with van der Waals surface area (Å²) in [6.07, 6.45) is 6.23. The van der Waals surface area contributed by atoms with Crippen molar-refractivity contribution in [3.8, 4) is 0 Å². The zero-order valence-corrected chi connectivity index (χ0v) is 20.1. The van der Waals surface area contributed by atoms with Gasteiger partial charge in [0, 0.05) is 0 Å². The molecule has 5 saturated carbocycles. The molecule has 4 atom stereocenters. The molecular weight excluding hydrogens is 336 g/mol. The lowest BCUT2D eigenvalue weighted by Crippen LogP contribution is -2.68. The number of rotatable bonds is 4. The fourth-order valence-corrected chi connectivity index (χ4v) is 10.2. The molecule has 0 amide bonds. The molecule has 4 unspecified atom stereocenters. The second-order valence-corrected chi connectivity index (χ2v) is 13.3. The van der Waals surface area contributed by atoms with Crippen molar-refractivity contribution in [2.45, 2.75) is 81.1 Å². The maximum atomic E-state index is 2.61. The SMILES string of the molecule is CC1CC(C2C(C3C(C)C(C)C3C)C(C3CC(C)C3)C2C2C(C)C(C)C2C)C1. The first kappa shape index (κ1) is 19.9. The molecule has 0 saturated heterocycles. The van der Waals surface area contributed by atoms with Gasteiger partial charge in [-0.25, -0.2) is 0 Å². The molecule has 0 radical (unpaired) electrons. The third-order valence-corrected chi connectivity index (χ3v) is 12.3. The largest absolute Gasteiger partial charge is 0.0625 e. The summed E-state index contributed by atoms with van der Waals surface area (Å²) in [7, 11) is 0. The third-order valence-electron chi connectivity index (χ3n) is 12.3. The van der Waals surface area contributed by atoms with Crippen LogP contribution < -0.4 is 0 Å². The zero-order valence-electron chi connectivity index (χ0n) is 20.1. The van der Waals surface area contributed by atoms with Crippen LogP contribution in [0.3, 0.4) is 0 Å². The molecule has 0 heterocycles. The molecule has 5 fully saturated rings. The van der Waals surface area contributed by atoms with Crippen LogP contribution in [-0.2, 0) is 0 Å². The topological polar surface area (TPSA) is 0 Å². The molecule has 0 aliphatic heterocycles. The summed E-state index contributed by atoms with van der Waals surface area (Å²) in [5, 5.41) is 0. The molecule has 5 aliphatic carbocycles. The van der Waals surface area contributed by atoms with Gasteiger partial charge in [0.15, 0.2) is 0 Å². The standard InChI is InChI=1S/C28H48/c1-13-9-21(10-13)25-27(23-17(5)15(3)18(23)6)26(22-11-14(2)12-22)28(25)24-19(7)16(4)20(24)8/h13-28H,9-12H2,1-8H3. The lowest BCUT2D eigenvalue weighted by Gasteiger charge is -2.73. The second kappa shape index (κ2) is 6.75. The molecule has 0 bridgehead atoms. The van der Waals surface area contributed by atoms with Crippen molar-refractivity contribution in [2.75, 3.05) is 0 Å². The molecule has 0 aromatic heterocycles. The average Bonchev–Trinajstić information content (AvgIpc) is 2.62. The molecule has 0 nitrogen and oxygen atoms in total. The lowest BCUT2D eigenvalue weighted by molar-refractivity contribution is -0.252. The van der Waals surface area contributed by atoms with E-state index in [1.807, 2.05) is 0 Å². The summed E-state index contributed by atoms with van der Waals surface area (Å²) >= 11 is 0. The third kappa shape index (κ3) is 2.54. The van der Waals surface area contributed by atoms with E-state index in [1.165, 1.54) is 0 Å². The van der Waals surface area contributed by atoms with Crippen molar-refractivity contribution in [2.24, 2.45) is 94.7 Å². The quantitative estimate of drug-likeness (QED) is 0.467. The van der Waals surface area contributed by atoms with Crippen molar-refractivity contribution in [3.63, 3.8) is 0 Å². The van der Waals surface area contributed by atoms with Crippen LogP contribution in [0.2, 0.25) is 0 Å². The van der Waals surface area contributed by atoms with E-state index in [1.54, 1.807) is 25.7 Å². The highest BCUT2D eigenvalue weighted by Gasteiger charge is 2.67. The minimum Gasteiger partial charge on any atom is -0.0625 e. The molecule has 0 aromatic carbocycles. The van der Waals surface area contributed by atoms with E-state index in [-0.39, 0.29) is 0 Å². The summed E-state index contributed by atoms with van der Waals surface area (Å²) in [6, 6.07) is 0. The van der Waals surface area contributed by atoms with Gasteiger partial charge in [-0.3, -0.25) is 0 Å². The van der Waals surface area contributed by atoms with Gasteiger partial charge in [-0.2, -0.15) is 0 Å². The Balaban J connectivity index is 1.45. The van der Waals surface area contributed by atoms with Gasteiger partial charge in [-0.1, -0.05) is 55.4 Å². The van der Waals surface area contributed by atoms with E-state index in [0.717, 1.165) is 94.7 Å². The van der Waals surface area contributed by atoms with Gasteiger partial charge < -0.3 is 0 Å². The zero-order chi connectivity index (χ0) is 20.1. The maximum Gasteiger partial charge on any atom is -0.0313 e. The Kier molecular flexibility index (Phi) is 4.81. The van der Waals surface area contributed by atoms with Gasteiger partial charge in [0.25, 0.3) is 0 Å². The van der Waals surface area contributed by atoms with Crippen LogP contribution in [0.4, 0.5) is 0 Å². The molecule has 5 aliphatic rings. The molecule has 28 heavy (non-hydrogen) atoms. The van der Waals surface area contributed by atoms with Crippen LogP contribution in [0.25, 0.3) is 0 Å². The number of hydrogen-bond acceptors (Lipinski definition) is 0. The van der Waals surface area contributed by atoms with Gasteiger partial charge in [0.2, 0.25) is 0 Å². The first-order valence-electron chi connectivity index (χ1n) is 13.2. The van der Waals surface area contributed by atoms with Crippen molar-refractivity contribution >= 4 is 0 Å². The lowest BCUT2D eigenvalue weighted by atomic mass is 9.32. The summed E-state index contributed by atoms with van der Waals surface area (Å²) in [5.74, 6) is 16.6. The molecule has 0 heteroatoms. The highest BCUT2D eigenvalue weighted by atomic mass is 14.7. The van der Waals surface area contributed by atoms with Crippen LogP contribution in [-0.4, -0.2) is 0 Å². The Hall–Kier alpha value is 0. The Labute approximate surface area is 176 Å². The van der Waals surface area contributed by atoms with Gasteiger partial charge in [0.1, 0.15) is 0 Å². The molecule has 5 rings (SSSR count). The first-order valence-corrected chi connectivity index (χ1v) is 13.2. The fraction of sp³-hybridized carbons (Fsp3) is 1.00. The molecule has 160 valence electrons. The van der Waals surface area contributed by atoms with E-state index in [4.69, 9.17) is 0 Å². The first-order chi connectivity index (χ1) is 13.2.